The first-order valence-electron chi connectivity index (χ1n) is 7.42. The van der Waals surface area contributed by atoms with Crippen LogP contribution >= 0.6 is 0 Å². The van der Waals surface area contributed by atoms with Gasteiger partial charge >= 0.3 is 14.5 Å². The second kappa shape index (κ2) is 8.00. The highest BCUT2D eigenvalue weighted by Gasteiger charge is 2.39. The Balaban J connectivity index is 4.39. The van der Waals surface area contributed by atoms with Gasteiger partial charge in [-0.2, -0.15) is 0 Å². The zero-order valence-corrected chi connectivity index (χ0v) is 15.4. The Bertz CT molecular complexity index is 191. The topological polar surface area (TPSA) is 9.23 Å². The van der Waals surface area contributed by atoms with E-state index < -0.39 is 22.8 Å². The molecule has 0 spiro atoms. The molecule has 17 heavy (non-hydrogen) atoms. The van der Waals surface area contributed by atoms with Gasteiger partial charge in [0, 0.05) is 0 Å². The Morgan fingerprint density at radius 1 is 0.941 bits per heavy atom. The van der Waals surface area contributed by atoms with E-state index in [1.807, 2.05) is 0 Å². The predicted octanol–water partition coefficient (Wildman–Crippen LogP) is 5.60. The summed E-state index contributed by atoms with van der Waals surface area (Å²) in [7, 11) is -1.51. The molecule has 0 aliphatic rings. The van der Waals surface area contributed by atoms with E-state index in [4.69, 9.17) is 3.48 Å². The fourth-order valence-electron chi connectivity index (χ4n) is 1.72. The molecule has 0 radical (unpaired) electrons. The Morgan fingerprint density at radius 2 is 1.35 bits per heavy atom. The third-order valence-corrected chi connectivity index (χ3v) is 13.4. The van der Waals surface area contributed by atoms with E-state index in [2.05, 4.69) is 47.7 Å². The van der Waals surface area contributed by atoms with E-state index in [-0.39, 0.29) is 0 Å². The lowest BCUT2D eigenvalue weighted by molar-refractivity contribution is 0.491. The first kappa shape index (κ1) is 17.7. The highest BCUT2D eigenvalue weighted by atomic mass is 28.4. The van der Waals surface area contributed by atoms with E-state index in [9.17, 15) is 0 Å². The van der Waals surface area contributed by atoms with Crippen molar-refractivity contribution in [1.29, 1.82) is 0 Å². The Hall–Kier alpha value is 0.709. The summed E-state index contributed by atoms with van der Waals surface area (Å²) >= 11 is -0.932. The zero-order chi connectivity index (χ0) is 13.5. The highest BCUT2D eigenvalue weighted by molar-refractivity contribution is 6.80. The van der Waals surface area contributed by atoms with Crippen LogP contribution in [0.4, 0.5) is 0 Å². The fourth-order valence-corrected chi connectivity index (χ4v) is 9.43. The molecular weight excluding hydrogens is 239 g/mol. The molecule has 0 bridgehead atoms. The van der Waals surface area contributed by atoms with Gasteiger partial charge in [0.2, 0.25) is 0 Å². The molecule has 0 atom stereocenters. The molecule has 3 heteroatoms. The van der Waals surface area contributed by atoms with Crippen molar-refractivity contribution in [3.05, 3.63) is 0 Å². The van der Waals surface area contributed by atoms with Crippen molar-refractivity contribution >= 4 is 22.8 Å². The first-order valence-corrected chi connectivity index (χ1v) is 12.4. The summed E-state index contributed by atoms with van der Waals surface area (Å²) in [5.74, 6) is 0. The summed E-state index contributed by atoms with van der Waals surface area (Å²) in [6.07, 6.45) is 5.37. The van der Waals surface area contributed by atoms with Gasteiger partial charge in [-0.05, 0) is 18.1 Å². The first-order chi connectivity index (χ1) is 7.74. The van der Waals surface area contributed by atoms with Crippen molar-refractivity contribution < 1.29 is 3.48 Å². The number of rotatable bonds is 8. The van der Waals surface area contributed by atoms with Gasteiger partial charge in [-0.15, -0.1) is 0 Å². The third kappa shape index (κ3) is 7.01. The molecule has 1 nitrogen and oxygen atoms in total. The monoisotopic (exact) mass is 272 g/mol. The maximum atomic E-state index is 6.68. The number of hydrogen-bond donors (Lipinski definition) is 0. The zero-order valence-electron chi connectivity index (χ0n) is 13.2. The minimum Gasteiger partial charge on any atom is -0.545 e. The van der Waals surface area contributed by atoms with Crippen molar-refractivity contribution in [2.24, 2.45) is 0 Å². The van der Waals surface area contributed by atoms with Crippen molar-refractivity contribution in [3.63, 3.8) is 0 Å². The second-order valence-corrected chi connectivity index (χ2v) is 14.6. The largest absolute Gasteiger partial charge is 0.545 e. The van der Waals surface area contributed by atoms with Crippen LogP contribution < -0.4 is 0 Å². The SMILES string of the molecule is CCC[CH2][Al]([CH2]CCC)[O][Si](C)(C)C(C)(C)C. The van der Waals surface area contributed by atoms with Crippen LogP contribution in [0.25, 0.3) is 0 Å². The molecule has 0 unspecified atom stereocenters. The normalized spacial score (nSPS) is 12.9. The van der Waals surface area contributed by atoms with Crippen LogP contribution in [0.2, 0.25) is 28.7 Å². The average Bonchev–Trinajstić information content (AvgIpc) is 2.20. The van der Waals surface area contributed by atoms with Crippen molar-refractivity contribution in [2.45, 2.75) is 89.0 Å². The van der Waals surface area contributed by atoms with Gasteiger partial charge in [0.1, 0.15) is 0 Å². The molecule has 0 heterocycles. The molecule has 0 aromatic rings. The summed E-state index contributed by atoms with van der Waals surface area (Å²) in [5, 5.41) is 3.16. The van der Waals surface area contributed by atoms with E-state index >= 15 is 0 Å². The lowest BCUT2D eigenvalue weighted by Crippen LogP contribution is -2.45. The summed E-state index contributed by atoms with van der Waals surface area (Å²) in [6.45, 7) is 16.4. The van der Waals surface area contributed by atoms with E-state index in [0.29, 0.717) is 5.04 Å². The van der Waals surface area contributed by atoms with Crippen molar-refractivity contribution in [1.82, 2.24) is 0 Å². The van der Waals surface area contributed by atoms with Crippen LogP contribution in [0.5, 0.6) is 0 Å². The molecule has 0 aliphatic carbocycles. The van der Waals surface area contributed by atoms with Gasteiger partial charge in [-0.3, -0.25) is 0 Å². The third-order valence-electron chi connectivity index (χ3n) is 4.03. The van der Waals surface area contributed by atoms with Gasteiger partial charge in [0.25, 0.3) is 0 Å². The molecule has 0 amide bonds. The molecule has 0 saturated heterocycles. The quantitative estimate of drug-likeness (QED) is 0.523. The summed E-state index contributed by atoms with van der Waals surface area (Å²) in [6, 6.07) is 0. The molecule has 0 saturated carbocycles. The van der Waals surface area contributed by atoms with Gasteiger partial charge in [-0.1, -0.05) is 70.9 Å². The Morgan fingerprint density at radius 3 is 1.65 bits per heavy atom. The van der Waals surface area contributed by atoms with Gasteiger partial charge in [0.15, 0.2) is 8.32 Å². The lowest BCUT2D eigenvalue weighted by atomic mass is 10.2. The van der Waals surface area contributed by atoms with Crippen molar-refractivity contribution in [3.8, 4) is 0 Å². The van der Waals surface area contributed by atoms with Crippen LogP contribution in [-0.2, 0) is 3.48 Å². The van der Waals surface area contributed by atoms with Crippen LogP contribution in [0.1, 0.15) is 60.3 Å². The van der Waals surface area contributed by atoms with Crippen LogP contribution in [-0.4, -0.2) is 22.8 Å². The molecule has 0 N–H and O–H groups in total. The second-order valence-electron chi connectivity index (χ2n) is 6.78. The van der Waals surface area contributed by atoms with Gasteiger partial charge < -0.3 is 3.48 Å². The van der Waals surface area contributed by atoms with Crippen LogP contribution in [0.15, 0.2) is 0 Å². The van der Waals surface area contributed by atoms with Crippen molar-refractivity contribution in [2.75, 3.05) is 0 Å². The summed E-state index contributed by atoms with van der Waals surface area (Å²) in [4.78, 5) is 0. The van der Waals surface area contributed by atoms with E-state index in [0.717, 1.165) is 0 Å². The predicted molar refractivity (Wildman–Crippen MR) is 83.5 cm³/mol. The molecule has 0 rings (SSSR count). The highest BCUT2D eigenvalue weighted by Crippen LogP contribution is 2.37. The van der Waals surface area contributed by atoms with Gasteiger partial charge in [0.05, 0.1) is 0 Å². The minimum absolute atomic E-state index is 0.372. The summed E-state index contributed by atoms with van der Waals surface area (Å²) in [5.41, 5.74) is 0. The standard InChI is InChI=1S/C6H15OSi.2C4H9.Al/c1-6(2,3)8(4,5)7;2*1-3-4-2;/h1-5H3;2*1,3-4H2,2H3;/q-1;;;+1. The number of unbranched alkanes of at least 4 members (excludes halogenated alkanes) is 2. The number of hydrogen-bond acceptors (Lipinski definition) is 1. The molecule has 0 aliphatic heterocycles. The van der Waals surface area contributed by atoms with Crippen LogP contribution in [0.3, 0.4) is 0 Å². The maximum absolute atomic E-state index is 6.68. The minimum atomic E-state index is -1.51. The molecule has 0 fully saturated rings. The van der Waals surface area contributed by atoms with Gasteiger partial charge in [-0.25, -0.2) is 0 Å². The Kier molecular flexibility index (Phi) is 8.33. The molecule has 102 valence electrons. The summed E-state index contributed by atoms with van der Waals surface area (Å²) < 4.78 is 6.68. The molecular formula is C14H33AlOSi. The molecule has 0 aromatic carbocycles. The Labute approximate surface area is 115 Å². The molecule has 0 aromatic heterocycles. The fraction of sp³-hybridized carbons (Fsp3) is 1.00. The van der Waals surface area contributed by atoms with E-state index in [1.165, 1.54) is 36.2 Å². The van der Waals surface area contributed by atoms with Crippen LogP contribution in [0, 0.1) is 0 Å². The lowest BCUT2D eigenvalue weighted by Gasteiger charge is -2.39. The van der Waals surface area contributed by atoms with E-state index in [1.54, 1.807) is 0 Å². The average molecular weight is 272 g/mol. The maximum Gasteiger partial charge on any atom is 0.449 e. The smallest absolute Gasteiger partial charge is 0.449 e.